The van der Waals surface area contributed by atoms with E-state index in [-0.39, 0.29) is 0 Å². The SMILES string of the molecule is CCC(CC)N1CCC(OCCBr)CC1. The molecule has 0 saturated carbocycles. The van der Waals surface area contributed by atoms with E-state index in [0.29, 0.717) is 6.10 Å². The van der Waals surface area contributed by atoms with Gasteiger partial charge in [0.05, 0.1) is 12.7 Å². The van der Waals surface area contributed by atoms with Crippen LogP contribution in [0.2, 0.25) is 0 Å². The molecule has 1 saturated heterocycles. The average molecular weight is 278 g/mol. The maximum Gasteiger partial charge on any atom is 0.0599 e. The zero-order chi connectivity index (χ0) is 11.1. The molecule has 1 aliphatic rings. The van der Waals surface area contributed by atoms with Crippen LogP contribution in [0, 0.1) is 0 Å². The Hall–Kier alpha value is 0.400. The molecule has 0 bridgehead atoms. The topological polar surface area (TPSA) is 12.5 Å². The molecule has 1 rings (SSSR count). The summed E-state index contributed by atoms with van der Waals surface area (Å²) < 4.78 is 5.75. The third-order valence-corrected chi connectivity index (χ3v) is 3.69. The highest BCUT2D eigenvalue weighted by atomic mass is 79.9. The minimum atomic E-state index is 0.508. The van der Waals surface area contributed by atoms with Gasteiger partial charge in [-0.15, -0.1) is 0 Å². The molecule has 0 unspecified atom stereocenters. The van der Waals surface area contributed by atoms with E-state index in [1.54, 1.807) is 0 Å². The molecule has 3 heteroatoms. The molecular formula is C12H24BrNO. The van der Waals surface area contributed by atoms with Crippen LogP contribution in [0.15, 0.2) is 0 Å². The first kappa shape index (κ1) is 13.5. The van der Waals surface area contributed by atoms with E-state index in [2.05, 4.69) is 34.7 Å². The van der Waals surface area contributed by atoms with Gasteiger partial charge < -0.3 is 9.64 Å². The van der Waals surface area contributed by atoms with Gasteiger partial charge in [0.1, 0.15) is 0 Å². The molecule has 0 amide bonds. The number of ether oxygens (including phenoxy) is 1. The third kappa shape index (κ3) is 4.41. The first-order chi connectivity index (χ1) is 7.31. The molecule has 0 spiro atoms. The van der Waals surface area contributed by atoms with Gasteiger partial charge in [-0.1, -0.05) is 29.8 Å². The Morgan fingerprint density at radius 1 is 1.27 bits per heavy atom. The van der Waals surface area contributed by atoms with Gasteiger partial charge in [-0.3, -0.25) is 0 Å². The van der Waals surface area contributed by atoms with E-state index in [9.17, 15) is 0 Å². The van der Waals surface area contributed by atoms with Crippen LogP contribution in [0.4, 0.5) is 0 Å². The van der Waals surface area contributed by atoms with Crippen molar-refractivity contribution in [3.8, 4) is 0 Å². The van der Waals surface area contributed by atoms with Crippen molar-refractivity contribution in [3.63, 3.8) is 0 Å². The first-order valence-corrected chi connectivity index (χ1v) is 7.35. The molecule has 1 fully saturated rings. The summed E-state index contributed by atoms with van der Waals surface area (Å²) in [6, 6.07) is 0.794. The number of hydrogen-bond acceptors (Lipinski definition) is 2. The molecule has 0 atom stereocenters. The predicted molar refractivity (Wildman–Crippen MR) is 68.7 cm³/mol. The van der Waals surface area contributed by atoms with Crippen LogP contribution >= 0.6 is 15.9 Å². The number of likely N-dealkylation sites (tertiary alicyclic amines) is 1. The van der Waals surface area contributed by atoms with Crippen LogP contribution in [-0.4, -0.2) is 42.1 Å². The van der Waals surface area contributed by atoms with Gasteiger partial charge >= 0.3 is 0 Å². The molecule has 0 aliphatic carbocycles. The predicted octanol–water partition coefficient (Wildman–Crippen LogP) is 3.05. The maximum atomic E-state index is 5.75. The largest absolute Gasteiger partial charge is 0.377 e. The Morgan fingerprint density at radius 2 is 1.87 bits per heavy atom. The fourth-order valence-electron chi connectivity index (χ4n) is 2.42. The van der Waals surface area contributed by atoms with Gasteiger partial charge in [-0.05, 0) is 25.7 Å². The Morgan fingerprint density at radius 3 is 2.33 bits per heavy atom. The van der Waals surface area contributed by atoms with Crippen LogP contribution in [0.3, 0.4) is 0 Å². The molecule has 1 heterocycles. The second-order valence-corrected chi connectivity index (χ2v) is 5.06. The number of nitrogens with zero attached hydrogens (tertiary/aromatic N) is 1. The van der Waals surface area contributed by atoms with E-state index in [4.69, 9.17) is 4.74 Å². The van der Waals surface area contributed by atoms with Crippen LogP contribution in [0.25, 0.3) is 0 Å². The highest BCUT2D eigenvalue weighted by molar-refractivity contribution is 9.09. The van der Waals surface area contributed by atoms with Crippen molar-refractivity contribution in [1.29, 1.82) is 0 Å². The van der Waals surface area contributed by atoms with Gasteiger partial charge in [-0.25, -0.2) is 0 Å². The lowest BCUT2D eigenvalue weighted by molar-refractivity contribution is 0.00450. The van der Waals surface area contributed by atoms with Crippen LogP contribution in [0.5, 0.6) is 0 Å². The standard InChI is InChI=1S/C12H24BrNO/c1-3-11(4-2)14-8-5-12(6-9-14)15-10-7-13/h11-12H,3-10H2,1-2H3. The Labute approximate surface area is 102 Å². The normalized spacial score (nSPS) is 20.0. The summed E-state index contributed by atoms with van der Waals surface area (Å²) in [5.41, 5.74) is 0. The van der Waals surface area contributed by atoms with Crippen LogP contribution in [0.1, 0.15) is 39.5 Å². The number of piperidine rings is 1. The highest BCUT2D eigenvalue weighted by Crippen LogP contribution is 2.18. The van der Waals surface area contributed by atoms with Crippen LogP contribution < -0.4 is 0 Å². The summed E-state index contributed by atoms with van der Waals surface area (Å²) in [7, 11) is 0. The molecule has 15 heavy (non-hydrogen) atoms. The molecule has 1 aliphatic heterocycles. The number of rotatable bonds is 6. The second-order valence-electron chi connectivity index (χ2n) is 4.27. The maximum absolute atomic E-state index is 5.75. The Bertz CT molecular complexity index is 154. The van der Waals surface area contributed by atoms with Crippen molar-refractivity contribution in [2.75, 3.05) is 25.0 Å². The zero-order valence-corrected chi connectivity index (χ0v) is 11.6. The van der Waals surface area contributed by atoms with E-state index in [0.717, 1.165) is 18.0 Å². The summed E-state index contributed by atoms with van der Waals surface area (Å²) >= 11 is 3.40. The second kappa shape index (κ2) is 7.64. The van der Waals surface area contributed by atoms with Crippen molar-refractivity contribution < 1.29 is 4.74 Å². The van der Waals surface area contributed by atoms with Gasteiger partial charge in [0.2, 0.25) is 0 Å². The fraction of sp³-hybridized carbons (Fsp3) is 1.00. The van der Waals surface area contributed by atoms with Gasteiger partial charge in [0.15, 0.2) is 0 Å². The number of halogens is 1. The van der Waals surface area contributed by atoms with Gasteiger partial charge in [0.25, 0.3) is 0 Å². The lowest BCUT2D eigenvalue weighted by Crippen LogP contribution is -2.43. The molecule has 0 radical (unpaired) electrons. The summed E-state index contributed by atoms with van der Waals surface area (Å²) in [5.74, 6) is 0. The summed E-state index contributed by atoms with van der Waals surface area (Å²) in [6.07, 6.45) is 5.49. The monoisotopic (exact) mass is 277 g/mol. The van der Waals surface area contributed by atoms with E-state index in [1.165, 1.54) is 38.8 Å². The molecule has 0 aromatic heterocycles. The molecule has 0 N–H and O–H groups in total. The number of alkyl halides is 1. The van der Waals surface area contributed by atoms with Crippen molar-refractivity contribution in [1.82, 2.24) is 4.90 Å². The van der Waals surface area contributed by atoms with E-state index in [1.807, 2.05) is 0 Å². The Balaban J connectivity index is 2.22. The molecule has 90 valence electrons. The van der Waals surface area contributed by atoms with Crippen molar-refractivity contribution >= 4 is 15.9 Å². The zero-order valence-electron chi connectivity index (χ0n) is 10.0. The highest BCUT2D eigenvalue weighted by Gasteiger charge is 2.23. The lowest BCUT2D eigenvalue weighted by Gasteiger charge is -2.36. The average Bonchev–Trinajstić information content (AvgIpc) is 2.29. The van der Waals surface area contributed by atoms with Crippen molar-refractivity contribution in [2.24, 2.45) is 0 Å². The smallest absolute Gasteiger partial charge is 0.0599 e. The molecule has 0 aromatic rings. The van der Waals surface area contributed by atoms with Crippen LogP contribution in [-0.2, 0) is 4.74 Å². The Kier molecular flexibility index (Phi) is 6.86. The molecular weight excluding hydrogens is 254 g/mol. The molecule has 0 aromatic carbocycles. The minimum Gasteiger partial charge on any atom is -0.377 e. The van der Waals surface area contributed by atoms with Crippen molar-refractivity contribution in [3.05, 3.63) is 0 Å². The minimum absolute atomic E-state index is 0.508. The third-order valence-electron chi connectivity index (χ3n) is 3.37. The van der Waals surface area contributed by atoms with Gasteiger partial charge in [-0.2, -0.15) is 0 Å². The summed E-state index contributed by atoms with van der Waals surface area (Å²) in [4.78, 5) is 2.63. The van der Waals surface area contributed by atoms with Crippen molar-refractivity contribution in [2.45, 2.75) is 51.7 Å². The van der Waals surface area contributed by atoms with E-state index < -0.39 is 0 Å². The van der Waals surface area contributed by atoms with E-state index >= 15 is 0 Å². The summed E-state index contributed by atoms with van der Waals surface area (Å²) in [5, 5.41) is 0.958. The number of hydrogen-bond donors (Lipinski definition) is 0. The fourth-order valence-corrected chi connectivity index (χ4v) is 2.61. The quantitative estimate of drug-likeness (QED) is 0.692. The summed E-state index contributed by atoms with van der Waals surface area (Å²) in [6.45, 7) is 7.89. The molecule has 2 nitrogen and oxygen atoms in total. The van der Waals surface area contributed by atoms with Gasteiger partial charge in [0, 0.05) is 24.5 Å². The lowest BCUT2D eigenvalue weighted by atomic mass is 10.0. The first-order valence-electron chi connectivity index (χ1n) is 6.23.